The van der Waals surface area contributed by atoms with E-state index in [-0.39, 0.29) is 6.04 Å². The number of benzene rings is 1. The summed E-state index contributed by atoms with van der Waals surface area (Å²) in [5.41, 5.74) is 5.32. The molecule has 4 nitrogen and oxygen atoms in total. The average Bonchev–Trinajstić information content (AvgIpc) is 2.97. The molecule has 0 spiro atoms. The second-order valence-electron chi connectivity index (χ2n) is 4.59. The zero-order valence-corrected chi connectivity index (χ0v) is 11.1. The Labute approximate surface area is 113 Å². The molecular weight excluding hydrogens is 240 g/mol. The molecule has 0 amide bonds. The van der Waals surface area contributed by atoms with Crippen molar-refractivity contribution in [1.82, 2.24) is 5.43 Å². The van der Waals surface area contributed by atoms with Crippen molar-refractivity contribution in [1.29, 1.82) is 0 Å². The molecule has 102 valence electrons. The summed E-state index contributed by atoms with van der Waals surface area (Å²) in [7, 11) is 1.67. The van der Waals surface area contributed by atoms with Gasteiger partial charge in [0.15, 0.2) is 0 Å². The van der Waals surface area contributed by atoms with Gasteiger partial charge in [0.2, 0.25) is 0 Å². The normalized spacial score (nSPS) is 12.3. The summed E-state index contributed by atoms with van der Waals surface area (Å²) in [4.78, 5) is 0. The van der Waals surface area contributed by atoms with E-state index in [9.17, 15) is 0 Å². The number of nitrogens with two attached hydrogens (primary N) is 1. The first-order chi connectivity index (χ1) is 9.31. The number of hydrogen-bond acceptors (Lipinski definition) is 4. The molecule has 0 aliphatic rings. The molecule has 2 aromatic rings. The van der Waals surface area contributed by atoms with Crippen molar-refractivity contribution in [3.63, 3.8) is 0 Å². The molecule has 0 saturated heterocycles. The van der Waals surface area contributed by atoms with Crippen molar-refractivity contribution in [2.75, 3.05) is 7.11 Å². The molecule has 3 N–H and O–H groups in total. The van der Waals surface area contributed by atoms with E-state index in [0.717, 1.165) is 30.6 Å². The van der Waals surface area contributed by atoms with Crippen LogP contribution in [0.15, 0.2) is 47.3 Å². The van der Waals surface area contributed by atoms with E-state index >= 15 is 0 Å². The summed E-state index contributed by atoms with van der Waals surface area (Å²) < 4.78 is 10.2. The number of rotatable bonds is 7. The van der Waals surface area contributed by atoms with E-state index in [4.69, 9.17) is 15.0 Å². The van der Waals surface area contributed by atoms with Crippen LogP contribution in [0.4, 0.5) is 0 Å². The maximum absolute atomic E-state index is 5.60. The van der Waals surface area contributed by atoms with Crippen LogP contribution in [-0.4, -0.2) is 13.2 Å². The first-order valence-corrected chi connectivity index (χ1v) is 6.42. The van der Waals surface area contributed by atoms with Crippen LogP contribution in [0.3, 0.4) is 0 Å². The van der Waals surface area contributed by atoms with Crippen LogP contribution in [0.1, 0.15) is 17.5 Å². The highest BCUT2D eigenvalue weighted by atomic mass is 16.5. The maximum Gasteiger partial charge on any atom is 0.118 e. The van der Waals surface area contributed by atoms with Gasteiger partial charge in [-0.2, -0.15) is 0 Å². The zero-order valence-electron chi connectivity index (χ0n) is 11.1. The van der Waals surface area contributed by atoms with Gasteiger partial charge in [-0.1, -0.05) is 12.1 Å². The molecule has 4 heteroatoms. The average molecular weight is 260 g/mol. The van der Waals surface area contributed by atoms with Crippen molar-refractivity contribution in [3.8, 4) is 5.75 Å². The van der Waals surface area contributed by atoms with E-state index < -0.39 is 0 Å². The summed E-state index contributed by atoms with van der Waals surface area (Å²) in [5.74, 6) is 6.48. The molecule has 0 bridgehead atoms. The van der Waals surface area contributed by atoms with E-state index in [2.05, 4.69) is 17.6 Å². The molecule has 0 aliphatic carbocycles. The van der Waals surface area contributed by atoms with E-state index in [1.165, 1.54) is 5.56 Å². The lowest BCUT2D eigenvalue weighted by atomic mass is 10.0. The van der Waals surface area contributed by atoms with Gasteiger partial charge in [0, 0.05) is 6.04 Å². The fourth-order valence-corrected chi connectivity index (χ4v) is 2.07. The molecule has 1 unspecified atom stereocenters. The minimum Gasteiger partial charge on any atom is -0.497 e. The Morgan fingerprint density at radius 3 is 2.58 bits per heavy atom. The van der Waals surface area contributed by atoms with Crippen LogP contribution in [0.25, 0.3) is 0 Å². The zero-order chi connectivity index (χ0) is 13.5. The lowest BCUT2D eigenvalue weighted by Gasteiger charge is -2.14. The van der Waals surface area contributed by atoms with Crippen LogP contribution < -0.4 is 16.0 Å². The first kappa shape index (κ1) is 13.6. The molecule has 0 saturated carbocycles. The molecule has 1 aromatic heterocycles. The lowest BCUT2D eigenvalue weighted by Crippen LogP contribution is -2.37. The number of nitrogens with one attached hydrogen (secondary N) is 1. The molecular formula is C15H20N2O2. The second kappa shape index (κ2) is 6.97. The highest BCUT2D eigenvalue weighted by Gasteiger charge is 2.09. The summed E-state index contributed by atoms with van der Waals surface area (Å²) in [6.45, 7) is 0. The van der Waals surface area contributed by atoms with Crippen LogP contribution in [0, 0.1) is 0 Å². The van der Waals surface area contributed by atoms with Gasteiger partial charge in [0.05, 0.1) is 19.6 Å². The Kier molecular flexibility index (Phi) is 5.01. The predicted molar refractivity (Wildman–Crippen MR) is 74.8 cm³/mol. The Hall–Kier alpha value is -1.78. The summed E-state index contributed by atoms with van der Waals surface area (Å²) in [6, 6.07) is 10.4. The SMILES string of the molecule is COc1ccc(CCC(Cc2ccoc2)NN)cc1. The smallest absolute Gasteiger partial charge is 0.118 e. The topological polar surface area (TPSA) is 60.4 Å². The Bertz CT molecular complexity index is 465. The van der Waals surface area contributed by atoms with E-state index in [1.54, 1.807) is 19.6 Å². The molecule has 0 fully saturated rings. The Balaban J connectivity index is 1.84. The lowest BCUT2D eigenvalue weighted by molar-refractivity contribution is 0.414. The van der Waals surface area contributed by atoms with Crippen LogP contribution in [-0.2, 0) is 12.8 Å². The van der Waals surface area contributed by atoms with Crippen molar-refractivity contribution < 1.29 is 9.15 Å². The standard InChI is InChI=1S/C15H20N2O2/c1-18-15-6-3-12(4-7-15)2-5-14(17-16)10-13-8-9-19-11-13/h3-4,6-9,11,14,17H,2,5,10,16H2,1H3. The van der Waals surface area contributed by atoms with Crippen LogP contribution in [0.2, 0.25) is 0 Å². The van der Waals surface area contributed by atoms with Gasteiger partial charge >= 0.3 is 0 Å². The number of methoxy groups -OCH3 is 1. The first-order valence-electron chi connectivity index (χ1n) is 6.42. The van der Waals surface area contributed by atoms with Crippen LogP contribution in [0.5, 0.6) is 5.75 Å². The number of furan rings is 1. The van der Waals surface area contributed by atoms with Gasteiger partial charge < -0.3 is 9.15 Å². The maximum atomic E-state index is 5.60. The Morgan fingerprint density at radius 1 is 1.21 bits per heavy atom. The van der Waals surface area contributed by atoms with Gasteiger partial charge in [-0.05, 0) is 48.6 Å². The molecule has 0 aliphatic heterocycles. The largest absolute Gasteiger partial charge is 0.497 e. The molecule has 19 heavy (non-hydrogen) atoms. The third kappa shape index (κ3) is 4.12. The van der Waals surface area contributed by atoms with E-state index in [0.29, 0.717) is 0 Å². The minimum absolute atomic E-state index is 0.250. The molecule has 2 rings (SSSR count). The minimum atomic E-state index is 0.250. The van der Waals surface area contributed by atoms with Gasteiger partial charge in [0.1, 0.15) is 5.75 Å². The van der Waals surface area contributed by atoms with Crippen molar-refractivity contribution >= 4 is 0 Å². The summed E-state index contributed by atoms with van der Waals surface area (Å²) >= 11 is 0. The van der Waals surface area contributed by atoms with Crippen molar-refractivity contribution in [3.05, 3.63) is 54.0 Å². The second-order valence-corrected chi connectivity index (χ2v) is 4.59. The van der Waals surface area contributed by atoms with Crippen LogP contribution >= 0.6 is 0 Å². The summed E-state index contributed by atoms with van der Waals surface area (Å²) in [6.07, 6.45) is 6.29. The van der Waals surface area contributed by atoms with Gasteiger partial charge in [-0.15, -0.1) is 0 Å². The quantitative estimate of drug-likeness (QED) is 0.592. The highest BCUT2D eigenvalue weighted by Crippen LogP contribution is 2.14. The van der Waals surface area contributed by atoms with E-state index in [1.807, 2.05) is 18.2 Å². The number of hydrogen-bond donors (Lipinski definition) is 2. The summed E-state index contributed by atoms with van der Waals surface area (Å²) in [5, 5.41) is 0. The molecule has 1 aromatic carbocycles. The van der Waals surface area contributed by atoms with Gasteiger partial charge in [-0.25, -0.2) is 0 Å². The number of aryl methyl sites for hydroxylation is 1. The third-order valence-electron chi connectivity index (χ3n) is 3.24. The van der Waals surface area contributed by atoms with Crippen molar-refractivity contribution in [2.24, 2.45) is 5.84 Å². The highest BCUT2D eigenvalue weighted by molar-refractivity contribution is 5.27. The van der Waals surface area contributed by atoms with Gasteiger partial charge in [0.25, 0.3) is 0 Å². The monoisotopic (exact) mass is 260 g/mol. The Morgan fingerprint density at radius 2 is 2.00 bits per heavy atom. The molecule has 1 heterocycles. The fraction of sp³-hybridized carbons (Fsp3) is 0.333. The third-order valence-corrected chi connectivity index (χ3v) is 3.24. The molecule has 0 radical (unpaired) electrons. The fourth-order valence-electron chi connectivity index (χ4n) is 2.07. The van der Waals surface area contributed by atoms with Crippen molar-refractivity contribution in [2.45, 2.75) is 25.3 Å². The van der Waals surface area contributed by atoms with Gasteiger partial charge in [-0.3, -0.25) is 11.3 Å². The number of hydrazine groups is 1. The molecule has 1 atom stereocenters. The predicted octanol–water partition coefficient (Wildman–Crippen LogP) is 2.30. The number of ether oxygens (including phenoxy) is 1.